The molecular formula is C15H15NS. The van der Waals surface area contributed by atoms with Gasteiger partial charge in [0.1, 0.15) is 0 Å². The molecular weight excluding hydrogens is 226 g/mol. The number of nitrogens with one attached hydrogen (secondary N) is 1. The molecule has 2 heteroatoms. The van der Waals surface area contributed by atoms with Crippen LogP contribution >= 0.6 is 12.2 Å². The minimum atomic E-state index is 0.790. The molecule has 0 radical (unpaired) electrons. The summed E-state index contributed by atoms with van der Waals surface area (Å²) in [5.41, 5.74) is 4.71. The molecule has 0 aliphatic heterocycles. The summed E-state index contributed by atoms with van der Waals surface area (Å²) in [5, 5.41) is 3.21. The first-order valence-electron chi connectivity index (χ1n) is 5.60. The Hall–Kier alpha value is -1.67. The molecule has 0 aromatic heterocycles. The predicted molar refractivity (Wildman–Crippen MR) is 78.5 cm³/mol. The molecule has 2 rings (SSSR count). The Morgan fingerprint density at radius 2 is 1.71 bits per heavy atom. The standard InChI is InChI=1S/C15H15NS/c1-11-8-9-14(10-15(11)16-12(2)17)13-6-4-3-5-7-13/h3-10H,1-2H3,(H,16,17). The fourth-order valence-corrected chi connectivity index (χ4v) is 1.87. The Morgan fingerprint density at radius 1 is 1.00 bits per heavy atom. The van der Waals surface area contributed by atoms with Crippen LogP contribution in [0.5, 0.6) is 0 Å². The van der Waals surface area contributed by atoms with Gasteiger partial charge >= 0.3 is 0 Å². The average molecular weight is 241 g/mol. The van der Waals surface area contributed by atoms with Crippen LogP contribution in [0, 0.1) is 6.92 Å². The Balaban J connectivity index is 2.41. The lowest BCUT2D eigenvalue weighted by atomic mass is 10.0. The molecule has 0 unspecified atom stereocenters. The summed E-state index contributed by atoms with van der Waals surface area (Å²) in [4.78, 5) is 0.790. The number of aryl methyl sites for hydroxylation is 1. The molecule has 0 atom stereocenters. The summed E-state index contributed by atoms with van der Waals surface area (Å²) >= 11 is 5.09. The first-order valence-corrected chi connectivity index (χ1v) is 6.01. The second-order valence-electron chi connectivity index (χ2n) is 4.08. The van der Waals surface area contributed by atoms with E-state index in [1.54, 1.807) is 0 Å². The van der Waals surface area contributed by atoms with E-state index < -0.39 is 0 Å². The van der Waals surface area contributed by atoms with E-state index in [4.69, 9.17) is 12.2 Å². The van der Waals surface area contributed by atoms with Crippen molar-refractivity contribution in [3.8, 4) is 11.1 Å². The van der Waals surface area contributed by atoms with Crippen LogP contribution in [0.15, 0.2) is 48.5 Å². The molecule has 17 heavy (non-hydrogen) atoms. The van der Waals surface area contributed by atoms with Crippen molar-refractivity contribution < 1.29 is 0 Å². The van der Waals surface area contributed by atoms with Crippen LogP contribution < -0.4 is 5.32 Å². The van der Waals surface area contributed by atoms with Crippen LogP contribution in [0.2, 0.25) is 0 Å². The van der Waals surface area contributed by atoms with Crippen molar-refractivity contribution in [2.45, 2.75) is 13.8 Å². The van der Waals surface area contributed by atoms with Crippen molar-refractivity contribution >= 4 is 22.9 Å². The summed E-state index contributed by atoms with van der Waals surface area (Å²) in [5.74, 6) is 0. The molecule has 1 N–H and O–H groups in total. The summed E-state index contributed by atoms with van der Waals surface area (Å²) < 4.78 is 0. The van der Waals surface area contributed by atoms with E-state index in [0.29, 0.717) is 0 Å². The maximum Gasteiger partial charge on any atom is 0.0765 e. The number of benzene rings is 2. The number of anilines is 1. The van der Waals surface area contributed by atoms with Crippen LogP contribution in [0.3, 0.4) is 0 Å². The first kappa shape index (κ1) is 11.8. The lowest BCUT2D eigenvalue weighted by Crippen LogP contribution is -2.04. The molecule has 0 aliphatic rings. The van der Waals surface area contributed by atoms with Gasteiger partial charge < -0.3 is 5.32 Å². The molecule has 0 fully saturated rings. The first-order chi connectivity index (χ1) is 8.16. The third-order valence-electron chi connectivity index (χ3n) is 2.66. The van der Waals surface area contributed by atoms with Gasteiger partial charge in [0, 0.05) is 5.69 Å². The van der Waals surface area contributed by atoms with Gasteiger partial charge in [0.25, 0.3) is 0 Å². The zero-order valence-electron chi connectivity index (χ0n) is 10.0. The molecule has 86 valence electrons. The molecule has 0 amide bonds. The Bertz CT molecular complexity index is 532. The van der Waals surface area contributed by atoms with E-state index >= 15 is 0 Å². The fourth-order valence-electron chi connectivity index (χ4n) is 1.76. The quantitative estimate of drug-likeness (QED) is 0.781. The summed E-state index contributed by atoms with van der Waals surface area (Å²) in [7, 11) is 0. The predicted octanol–water partition coefficient (Wildman–Crippen LogP) is 4.42. The molecule has 0 aliphatic carbocycles. The van der Waals surface area contributed by atoms with Crippen LogP contribution in [-0.2, 0) is 0 Å². The molecule has 0 saturated carbocycles. The van der Waals surface area contributed by atoms with Crippen molar-refractivity contribution in [2.75, 3.05) is 5.32 Å². The van der Waals surface area contributed by atoms with Gasteiger partial charge in [-0.3, -0.25) is 0 Å². The van der Waals surface area contributed by atoms with Crippen LogP contribution in [0.4, 0.5) is 5.69 Å². The zero-order valence-corrected chi connectivity index (χ0v) is 10.8. The molecule has 1 nitrogen and oxygen atoms in total. The van der Waals surface area contributed by atoms with E-state index in [1.165, 1.54) is 16.7 Å². The highest BCUT2D eigenvalue weighted by Gasteiger charge is 2.02. The van der Waals surface area contributed by atoms with Gasteiger partial charge in [-0.05, 0) is 36.6 Å². The lowest BCUT2D eigenvalue weighted by molar-refractivity contribution is 1.45. The van der Waals surface area contributed by atoms with Crippen LogP contribution in [0.25, 0.3) is 11.1 Å². The minimum Gasteiger partial charge on any atom is -0.350 e. The maximum absolute atomic E-state index is 5.09. The average Bonchev–Trinajstić information content (AvgIpc) is 2.32. The molecule has 0 saturated heterocycles. The molecule has 0 heterocycles. The molecule has 2 aromatic carbocycles. The topological polar surface area (TPSA) is 12.0 Å². The summed E-state index contributed by atoms with van der Waals surface area (Å²) in [6, 6.07) is 16.7. The van der Waals surface area contributed by atoms with E-state index in [2.05, 4.69) is 42.6 Å². The SMILES string of the molecule is CC(=S)Nc1cc(-c2ccccc2)ccc1C. The Morgan fingerprint density at radius 3 is 2.35 bits per heavy atom. The molecule has 0 bridgehead atoms. The maximum atomic E-state index is 5.09. The van der Waals surface area contributed by atoms with Gasteiger partial charge in [0.05, 0.1) is 4.99 Å². The second-order valence-corrected chi connectivity index (χ2v) is 4.69. The van der Waals surface area contributed by atoms with Gasteiger partial charge in [0.15, 0.2) is 0 Å². The smallest absolute Gasteiger partial charge is 0.0765 e. The van der Waals surface area contributed by atoms with Gasteiger partial charge in [0.2, 0.25) is 0 Å². The van der Waals surface area contributed by atoms with E-state index in [-0.39, 0.29) is 0 Å². The lowest BCUT2D eigenvalue weighted by Gasteiger charge is -2.10. The van der Waals surface area contributed by atoms with Gasteiger partial charge in [-0.25, -0.2) is 0 Å². The fraction of sp³-hybridized carbons (Fsp3) is 0.133. The highest BCUT2D eigenvalue weighted by Crippen LogP contribution is 2.25. The van der Waals surface area contributed by atoms with Crippen LogP contribution in [-0.4, -0.2) is 4.99 Å². The number of hydrogen-bond acceptors (Lipinski definition) is 1. The Kier molecular flexibility index (Phi) is 3.55. The van der Waals surface area contributed by atoms with Crippen LogP contribution in [0.1, 0.15) is 12.5 Å². The number of thiocarbonyl (C=S) groups is 1. The monoisotopic (exact) mass is 241 g/mol. The second kappa shape index (κ2) is 5.11. The van der Waals surface area contributed by atoms with Gasteiger partial charge in [-0.1, -0.05) is 54.7 Å². The normalized spacial score (nSPS) is 10.0. The van der Waals surface area contributed by atoms with Crippen molar-refractivity contribution in [3.63, 3.8) is 0 Å². The highest BCUT2D eigenvalue weighted by molar-refractivity contribution is 7.80. The zero-order chi connectivity index (χ0) is 12.3. The van der Waals surface area contributed by atoms with E-state index in [1.807, 2.05) is 25.1 Å². The van der Waals surface area contributed by atoms with Gasteiger partial charge in [-0.2, -0.15) is 0 Å². The van der Waals surface area contributed by atoms with E-state index in [9.17, 15) is 0 Å². The third kappa shape index (κ3) is 2.92. The van der Waals surface area contributed by atoms with Crippen molar-refractivity contribution in [1.29, 1.82) is 0 Å². The molecule has 2 aromatic rings. The minimum absolute atomic E-state index is 0.790. The largest absolute Gasteiger partial charge is 0.350 e. The summed E-state index contributed by atoms with van der Waals surface area (Å²) in [6.07, 6.45) is 0. The van der Waals surface area contributed by atoms with Crippen molar-refractivity contribution in [2.24, 2.45) is 0 Å². The summed E-state index contributed by atoms with van der Waals surface area (Å²) in [6.45, 7) is 3.97. The third-order valence-corrected chi connectivity index (χ3v) is 2.76. The number of rotatable bonds is 2. The highest BCUT2D eigenvalue weighted by atomic mass is 32.1. The van der Waals surface area contributed by atoms with Crippen molar-refractivity contribution in [1.82, 2.24) is 0 Å². The van der Waals surface area contributed by atoms with E-state index in [0.717, 1.165) is 10.7 Å². The van der Waals surface area contributed by atoms with Crippen molar-refractivity contribution in [3.05, 3.63) is 54.1 Å². The molecule has 0 spiro atoms. The number of hydrogen-bond donors (Lipinski definition) is 1. The van der Waals surface area contributed by atoms with Gasteiger partial charge in [-0.15, -0.1) is 0 Å². The Labute approximate surface area is 107 Å².